The number of rotatable bonds is 5. The fourth-order valence-corrected chi connectivity index (χ4v) is 5.07. The molecule has 2 aromatic rings. The SMILES string of the molecule is COc1cccc(C2CC2C(=O)Nc2sc3c(c2C#N)CCN(C(=O)CO)C3)c1. The van der Waals surface area contributed by atoms with Gasteiger partial charge in [0.25, 0.3) is 0 Å². The summed E-state index contributed by atoms with van der Waals surface area (Å²) in [5.41, 5.74) is 2.47. The summed E-state index contributed by atoms with van der Waals surface area (Å²) in [6, 6.07) is 9.96. The number of amides is 2. The van der Waals surface area contributed by atoms with Gasteiger partial charge < -0.3 is 20.1 Å². The maximum absolute atomic E-state index is 12.8. The van der Waals surface area contributed by atoms with Gasteiger partial charge in [0, 0.05) is 17.3 Å². The second-order valence-corrected chi connectivity index (χ2v) is 8.36. The molecule has 7 nitrogen and oxygen atoms in total. The van der Waals surface area contributed by atoms with Gasteiger partial charge in [-0.2, -0.15) is 5.26 Å². The van der Waals surface area contributed by atoms with Crippen LogP contribution in [-0.4, -0.2) is 42.1 Å². The number of carbonyl (C=O) groups is 2. The Hall–Kier alpha value is -2.89. The zero-order chi connectivity index (χ0) is 20.5. The molecule has 0 saturated heterocycles. The number of fused-ring (bicyclic) bond motifs is 1. The molecule has 2 heterocycles. The highest BCUT2D eigenvalue weighted by molar-refractivity contribution is 7.16. The number of methoxy groups -OCH3 is 1. The van der Waals surface area contributed by atoms with Gasteiger partial charge in [-0.1, -0.05) is 12.1 Å². The van der Waals surface area contributed by atoms with Crippen LogP contribution in [0.5, 0.6) is 5.75 Å². The minimum absolute atomic E-state index is 0.0868. The summed E-state index contributed by atoms with van der Waals surface area (Å²) in [7, 11) is 1.62. The number of ether oxygens (including phenoxy) is 1. The molecule has 4 rings (SSSR count). The van der Waals surface area contributed by atoms with Crippen molar-refractivity contribution < 1.29 is 19.4 Å². The lowest BCUT2D eigenvalue weighted by molar-refractivity contribution is -0.135. The fraction of sp³-hybridized carbons (Fsp3) is 0.381. The van der Waals surface area contributed by atoms with E-state index in [0.29, 0.717) is 30.1 Å². The van der Waals surface area contributed by atoms with E-state index in [-0.39, 0.29) is 23.7 Å². The number of nitrogens with zero attached hydrogens (tertiary/aromatic N) is 2. The molecule has 1 saturated carbocycles. The quantitative estimate of drug-likeness (QED) is 0.786. The molecular weight excluding hydrogens is 390 g/mol. The smallest absolute Gasteiger partial charge is 0.248 e. The van der Waals surface area contributed by atoms with Crippen LogP contribution in [-0.2, 0) is 22.6 Å². The predicted molar refractivity (Wildman–Crippen MR) is 108 cm³/mol. The van der Waals surface area contributed by atoms with E-state index < -0.39 is 6.61 Å². The summed E-state index contributed by atoms with van der Waals surface area (Å²) < 4.78 is 5.26. The van der Waals surface area contributed by atoms with Crippen LogP contribution in [0.3, 0.4) is 0 Å². The summed E-state index contributed by atoms with van der Waals surface area (Å²) in [6.07, 6.45) is 1.32. The van der Waals surface area contributed by atoms with Crippen molar-refractivity contribution in [3.8, 4) is 11.8 Å². The minimum atomic E-state index is -0.525. The van der Waals surface area contributed by atoms with Crippen LogP contribution < -0.4 is 10.1 Å². The second kappa shape index (κ2) is 7.85. The summed E-state index contributed by atoms with van der Waals surface area (Å²) >= 11 is 1.34. The van der Waals surface area contributed by atoms with Crippen LogP contribution in [0.1, 0.15) is 33.9 Å². The van der Waals surface area contributed by atoms with E-state index >= 15 is 0 Å². The third-order valence-corrected chi connectivity index (χ3v) is 6.67. The molecule has 1 fully saturated rings. The average molecular weight is 411 g/mol. The Labute approximate surface area is 172 Å². The highest BCUT2D eigenvalue weighted by Gasteiger charge is 2.44. The van der Waals surface area contributed by atoms with Crippen molar-refractivity contribution in [2.45, 2.75) is 25.3 Å². The number of aliphatic hydroxyl groups is 1. The first kappa shape index (κ1) is 19.4. The summed E-state index contributed by atoms with van der Waals surface area (Å²) in [6.45, 7) is 0.300. The zero-order valence-electron chi connectivity index (χ0n) is 16.0. The summed E-state index contributed by atoms with van der Waals surface area (Å²) in [4.78, 5) is 27.0. The third kappa shape index (κ3) is 3.71. The molecule has 2 unspecified atom stereocenters. The Bertz CT molecular complexity index is 1010. The van der Waals surface area contributed by atoms with E-state index in [1.54, 1.807) is 12.0 Å². The van der Waals surface area contributed by atoms with E-state index in [4.69, 9.17) is 9.84 Å². The molecule has 0 spiro atoms. The number of nitrogens with one attached hydrogen (secondary N) is 1. The maximum atomic E-state index is 12.8. The molecule has 0 bridgehead atoms. The Morgan fingerprint density at radius 1 is 1.45 bits per heavy atom. The van der Waals surface area contributed by atoms with Gasteiger partial charge in [0.15, 0.2) is 0 Å². The van der Waals surface area contributed by atoms with Gasteiger partial charge in [0.2, 0.25) is 11.8 Å². The molecule has 2 amide bonds. The van der Waals surface area contributed by atoms with Crippen LogP contribution >= 0.6 is 11.3 Å². The average Bonchev–Trinajstić information content (AvgIpc) is 3.48. The van der Waals surface area contributed by atoms with Crippen molar-refractivity contribution >= 4 is 28.2 Å². The molecule has 0 radical (unpaired) electrons. The van der Waals surface area contributed by atoms with Gasteiger partial charge in [-0.15, -0.1) is 11.3 Å². The molecule has 2 aliphatic rings. The van der Waals surface area contributed by atoms with Crippen LogP contribution in [0.25, 0.3) is 0 Å². The molecule has 2 atom stereocenters. The number of benzene rings is 1. The van der Waals surface area contributed by atoms with Crippen LogP contribution in [0, 0.1) is 17.2 Å². The first-order chi connectivity index (χ1) is 14.0. The number of aliphatic hydroxyl groups excluding tert-OH is 1. The maximum Gasteiger partial charge on any atom is 0.248 e. The highest BCUT2D eigenvalue weighted by Crippen LogP contribution is 2.49. The van der Waals surface area contributed by atoms with Crippen molar-refractivity contribution in [1.29, 1.82) is 5.26 Å². The number of hydrogen-bond donors (Lipinski definition) is 2. The largest absolute Gasteiger partial charge is 0.497 e. The van der Waals surface area contributed by atoms with Gasteiger partial charge in [0.1, 0.15) is 23.4 Å². The van der Waals surface area contributed by atoms with Crippen molar-refractivity contribution in [2.75, 3.05) is 25.6 Å². The Morgan fingerprint density at radius 2 is 2.28 bits per heavy atom. The summed E-state index contributed by atoms with van der Waals surface area (Å²) in [5, 5.41) is 22.2. The van der Waals surface area contributed by atoms with Gasteiger partial charge in [-0.3, -0.25) is 9.59 Å². The number of hydrogen-bond acceptors (Lipinski definition) is 6. The lowest BCUT2D eigenvalue weighted by Gasteiger charge is -2.26. The standard InChI is InChI=1S/C21H21N3O4S/c1-28-13-4-2-3-12(7-13)15-8-16(15)20(27)23-21-17(9-22)14-5-6-24(19(26)11-25)10-18(14)29-21/h2-4,7,15-16,25H,5-6,8,10-11H2,1H3,(H,23,27). The van der Waals surface area contributed by atoms with Crippen LogP contribution in [0.4, 0.5) is 5.00 Å². The normalized spacial score (nSPS) is 19.8. The third-order valence-electron chi connectivity index (χ3n) is 5.54. The van der Waals surface area contributed by atoms with Gasteiger partial charge in [0.05, 0.1) is 19.2 Å². The minimum Gasteiger partial charge on any atom is -0.497 e. The zero-order valence-corrected chi connectivity index (χ0v) is 16.8. The molecule has 1 aliphatic carbocycles. The highest BCUT2D eigenvalue weighted by atomic mass is 32.1. The molecule has 1 aliphatic heterocycles. The van der Waals surface area contributed by atoms with E-state index in [1.807, 2.05) is 24.3 Å². The lowest BCUT2D eigenvalue weighted by atomic mass is 10.0. The Morgan fingerprint density at radius 3 is 3.00 bits per heavy atom. The Balaban J connectivity index is 1.48. The first-order valence-electron chi connectivity index (χ1n) is 9.43. The monoisotopic (exact) mass is 411 g/mol. The molecule has 1 aromatic carbocycles. The topological polar surface area (TPSA) is 103 Å². The van der Waals surface area contributed by atoms with Crippen molar-refractivity contribution in [3.05, 3.63) is 45.8 Å². The molecule has 2 N–H and O–H groups in total. The van der Waals surface area contributed by atoms with E-state index in [0.717, 1.165) is 28.2 Å². The number of nitriles is 1. The van der Waals surface area contributed by atoms with Gasteiger partial charge in [-0.05, 0) is 42.0 Å². The van der Waals surface area contributed by atoms with Crippen molar-refractivity contribution in [1.82, 2.24) is 4.90 Å². The number of carbonyl (C=O) groups excluding carboxylic acids is 2. The van der Waals surface area contributed by atoms with E-state index in [1.165, 1.54) is 11.3 Å². The lowest BCUT2D eigenvalue weighted by Crippen LogP contribution is -2.37. The predicted octanol–water partition coefficient (Wildman–Crippen LogP) is 2.25. The van der Waals surface area contributed by atoms with E-state index in [9.17, 15) is 14.9 Å². The first-order valence-corrected chi connectivity index (χ1v) is 10.3. The van der Waals surface area contributed by atoms with Crippen LogP contribution in [0.2, 0.25) is 0 Å². The molecule has 150 valence electrons. The Kier molecular flexibility index (Phi) is 5.26. The number of thiophene rings is 1. The number of anilines is 1. The molecular formula is C21H21N3O4S. The van der Waals surface area contributed by atoms with Crippen LogP contribution in [0.15, 0.2) is 24.3 Å². The summed E-state index contributed by atoms with van der Waals surface area (Å²) in [5.74, 6) is 0.389. The van der Waals surface area contributed by atoms with Crippen molar-refractivity contribution in [3.63, 3.8) is 0 Å². The van der Waals surface area contributed by atoms with Gasteiger partial charge >= 0.3 is 0 Å². The second-order valence-electron chi connectivity index (χ2n) is 7.26. The van der Waals surface area contributed by atoms with Gasteiger partial charge in [-0.25, -0.2) is 0 Å². The fourth-order valence-electron chi connectivity index (χ4n) is 3.85. The molecule has 1 aromatic heterocycles. The molecule has 8 heteroatoms. The van der Waals surface area contributed by atoms with Crippen molar-refractivity contribution in [2.24, 2.45) is 5.92 Å². The van der Waals surface area contributed by atoms with E-state index in [2.05, 4.69) is 11.4 Å². The molecule has 29 heavy (non-hydrogen) atoms.